The van der Waals surface area contributed by atoms with Gasteiger partial charge in [0.2, 0.25) is 0 Å². The van der Waals surface area contributed by atoms with Gasteiger partial charge >= 0.3 is 0 Å². The van der Waals surface area contributed by atoms with E-state index in [2.05, 4.69) is 12.2 Å². The molecule has 17 heavy (non-hydrogen) atoms. The Bertz CT molecular complexity index is 425. The predicted octanol–water partition coefficient (Wildman–Crippen LogP) is 2.06. The van der Waals surface area contributed by atoms with Gasteiger partial charge in [0.05, 0.1) is 6.10 Å². The summed E-state index contributed by atoms with van der Waals surface area (Å²) in [6.07, 6.45) is 7.38. The summed E-state index contributed by atoms with van der Waals surface area (Å²) in [5.41, 5.74) is 0.0858. The molecule has 1 saturated heterocycles. The summed E-state index contributed by atoms with van der Waals surface area (Å²) in [5, 5.41) is 0. The molecule has 4 aliphatic rings. The molecule has 0 bridgehead atoms. The molecule has 3 aliphatic carbocycles. The number of carbonyl (C=O) groups excluding carboxylic acids is 1. The average molecular weight is 234 g/mol. The van der Waals surface area contributed by atoms with E-state index in [0.717, 1.165) is 19.3 Å². The van der Waals surface area contributed by atoms with Gasteiger partial charge in [-0.15, -0.1) is 0 Å². The maximum absolute atomic E-state index is 12.0. The van der Waals surface area contributed by atoms with Crippen molar-refractivity contribution >= 4 is 5.78 Å². The molecule has 4 rings (SSSR count). The van der Waals surface area contributed by atoms with E-state index in [9.17, 15) is 4.79 Å². The molecule has 1 heterocycles. The van der Waals surface area contributed by atoms with Crippen LogP contribution < -0.4 is 0 Å². The number of hydrogen-bond donors (Lipinski definition) is 0. The highest BCUT2D eigenvalue weighted by molar-refractivity contribution is 5.87. The average Bonchev–Trinajstić information content (AvgIpc) is 2.83. The number of rotatable bonds is 0. The number of ether oxygens (including phenoxy) is 2. The van der Waals surface area contributed by atoms with E-state index in [1.165, 1.54) is 0 Å². The van der Waals surface area contributed by atoms with E-state index in [4.69, 9.17) is 9.47 Å². The summed E-state index contributed by atoms with van der Waals surface area (Å²) in [4.78, 5) is 12.0. The van der Waals surface area contributed by atoms with Crippen molar-refractivity contribution in [1.29, 1.82) is 0 Å². The minimum Gasteiger partial charge on any atom is -0.344 e. The molecule has 2 saturated carbocycles. The van der Waals surface area contributed by atoms with E-state index in [1.807, 2.05) is 13.8 Å². The Morgan fingerprint density at radius 3 is 2.94 bits per heavy atom. The van der Waals surface area contributed by atoms with Crippen molar-refractivity contribution in [3.8, 4) is 0 Å². The zero-order valence-electron chi connectivity index (χ0n) is 10.3. The van der Waals surface area contributed by atoms with Crippen molar-refractivity contribution in [2.75, 3.05) is 0 Å². The summed E-state index contributed by atoms with van der Waals surface area (Å²) >= 11 is 0. The first kappa shape index (κ1) is 10.3. The van der Waals surface area contributed by atoms with Gasteiger partial charge in [-0.25, -0.2) is 0 Å². The maximum Gasteiger partial charge on any atom is 0.164 e. The molecule has 0 amide bonds. The van der Waals surface area contributed by atoms with Crippen LogP contribution in [0.3, 0.4) is 0 Å². The summed E-state index contributed by atoms with van der Waals surface area (Å²) < 4.78 is 12.0. The first-order valence-corrected chi connectivity index (χ1v) is 6.61. The zero-order valence-corrected chi connectivity index (χ0v) is 10.3. The molecule has 0 aromatic carbocycles. The molecule has 5 atom stereocenters. The summed E-state index contributed by atoms with van der Waals surface area (Å²) in [6, 6.07) is 0. The van der Waals surface area contributed by atoms with Gasteiger partial charge in [0.25, 0.3) is 0 Å². The van der Waals surface area contributed by atoms with E-state index < -0.39 is 5.79 Å². The van der Waals surface area contributed by atoms with Gasteiger partial charge in [-0.3, -0.25) is 4.79 Å². The van der Waals surface area contributed by atoms with Crippen LogP contribution in [-0.2, 0) is 14.3 Å². The van der Waals surface area contributed by atoms with E-state index in [0.29, 0.717) is 11.7 Å². The quantitative estimate of drug-likeness (QED) is 0.602. The second-order valence-electron chi connectivity index (χ2n) is 6.34. The van der Waals surface area contributed by atoms with Crippen molar-refractivity contribution in [2.24, 2.45) is 17.3 Å². The minimum atomic E-state index is -0.503. The van der Waals surface area contributed by atoms with Crippen LogP contribution in [0.1, 0.15) is 33.1 Å². The lowest BCUT2D eigenvalue weighted by Crippen LogP contribution is -2.38. The highest BCUT2D eigenvalue weighted by atomic mass is 16.8. The Labute approximate surface area is 101 Å². The minimum absolute atomic E-state index is 0.0529. The Hall–Kier alpha value is -0.670. The molecule has 3 nitrogen and oxygen atoms in total. The Kier molecular flexibility index (Phi) is 1.71. The van der Waals surface area contributed by atoms with Crippen molar-refractivity contribution < 1.29 is 14.3 Å². The maximum atomic E-state index is 12.0. The number of carbonyl (C=O) groups is 1. The van der Waals surface area contributed by atoms with Crippen molar-refractivity contribution in [2.45, 2.75) is 51.1 Å². The van der Waals surface area contributed by atoms with Gasteiger partial charge in [-0.1, -0.05) is 12.2 Å². The molecular weight excluding hydrogens is 216 g/mol. The Morgan fingerprint density at radius 1 is 1.29 bits per heavy atom. The fourth-order valence-electron chi connectivity index (χ4n) is 4.41. The van der Waals surface area contributed by atoms with Crippen LogP contribution in [0, 0.1) is 17.3 Å². The smallest absolute Gasteiger partial charge is 0.164 e. The highest BCUT2D eigenvalue weighted by Crippen LogP contribution is 2.71. The standard InChI is InChI=1S/C14H18O3/c1-13(2)16-10-6-5-8-11-9(15)4-3-7-14(8,11)12(10)17-13/h5-6,8,10-12H,3-4,7H2,1-2H3/t8-,10+,11?,12+,14-/m1/s1. The van der Waals surface area contributed by atoms with E-state index >= 15 is 0 Å². The van der Waals surface area contributed by atoms with Crippen LogP contribution in [0.2, 0.25) is 0 Å². The molecule has 0 radical (unpaired) electrons. The highest BCUT2D eigenvalue weighted by Gasteiger charge is 2.75. The van der Waals surface area contributed by atoms with E-state index in [-0.39, 0.29) is 23.5 Å². The summed E-state index contributed by atoms with van der Waals surface area (Å²) in [6.45, 7) is 3.93. The van der Waals surface area contributed by atoms with Crippen LogP contribution >= 0.6 is 0 Å². The third-order valence-electron chi connectivity index (χ3n) is 5.00. The van der Waals surface area contributed by atoms with Gasteiger partial charge in [0.15, 0.2) is 5.79 Å². The SMILES string of the molecule is CC1(C)O[C@H]2C=C[C@@H]3C4C(=O)CCC[C@]43[C@H]2O1. The van der Waals surface area contributed by atoms with Gasteiger partial charge in [-0.05, 0) is 32.6 Å². The molecule has 3 heteroatoms. The molecule has 1 unspecified atom stereocenters. The van der Waals surface area contributed by atoms with Gasteiger partial charge < -0.3 is 9.47 Å². The molecule has 0 N–H and O–H groups in total. The second kappa shape index (κ2) is 2.83. The number of fused-ring (bicyclic) bond motifs is 2. The molecule has 0 aromatic heterocycles. The third-order valence-corrected chi connectivity index (χ3v) is 5.00. The van der Waals surface area contributed by atoms with Gasteiger partial charge in [-0.2, -0.15) is 0 Å². The lowest BCUT2D eigenvalue weighted by atomic mass is 9.79. The van der Waals surface area contributed by atoms with Gasteiger partial charge in [0.1, 0.15) is 11.9 Å². The lowest BCUT2D eigenvalue weighted by molar-refractivity contribution is -0.152. The topological polar surface area (TPSA) is 35.5 Å². The first-order chi connectivity index (χ1) is 8.05. The fourth-order valence-corrected chi connectivity index (χ4v) is 4.41. The van der Waals surface area contributed by atoms with Crippen LogP contribution in [0.25, 0.3) is 0 Å². The molecule has 92 valence electrons. The number of ketones is 1. The van der Waals surface area contributed by atoms with Crippen LogP contribution in [0.4, 0.5) is 0 Å². The largest absolute Gasteiger partial charge is 0.344 e. The Balaban J connectivity index is 1.74. The van der Waals surface area contributed by atoms with Crippen molar-refractivity contribution in [1.82, 2.24) is 0 Å². The number of allylic oxidation sites excluding steroid dienone is 1. The molecular formula is C14H18O3. The normalized spacial score (nSPS) is 53.9. The Morgan fingerprint density at radius 2 is 2.12 bits per heavy atom. The fraction of sp³-hybridized carbons (Fsp3) is 0.786. The van der Waals surface area contributed by atoms with Crippen LogP contribution in [0.15, 0.2) is 12.2 Å². The van der Waals surface area contributed by atoms with Gasteiger partial charge in [0, 0.05) is 17.8 Å². The van der Waals surface area contributed by atoms with Crippen molar-refractivity contribution in [3.05, 3.63) is 12.2 Å². The zero-order chi connectivity index (χ0) is 11.8. The lowest BCUT2D eigenvalue weighted by Gasteiger charge is -2.31. The first-order valence-electron chi connectivity index (χ1n) is 6.61. The predicted molar refractivity (Wildman–Crippen MR) is 61.2 cm³/mol. The van der Waals surface area contributed by atoms with Crippen molar-refractivity contribution in [3.63, 3.8) is 0 Å². The molecule has 1 aliphatic heterocycles. The number of Topliss-reactive ketones (excluding diaryl/α,β-unsaturated/α-hetero) is 1. The monoisotopic (exact) mass is 234 g/mol. The second-order valence-corrected chi connectivity index (χ2v) is 6.34. The summed E-state index contributed by atoms with van der Waals surface area (Å²) in [7, 11) is 0. The molecule has 3 fully saturated rings. The number of hydrogen-bond acceptors (Lipinski definition) is 3. The van der Waals surface area contributed by atoms with Crippen LogP contribution in [-0.4, -0.2) is 23.8 Å². The molecule has 1 spiro atoms. The summed E-state index contributed by atoms with van der Waals surface area (Å²) in [5.74, 6) is 0.591. The van der Waals surface area contributed by atoms with Crippen LogP contribution in [0.5, 0.6) is 0 Å². The third kappa shape index (κ3) is 1.12. The molecule has 0 aromatic rings. The van der Waals surface area contributed by atoms with E-state index in [1.54, 1.807) is 0 Å².